The molecule has 148 valence electrons. The van der Waals surface area contributed by atoms with Gasteiger partial charge >= 0.3 is 0 Å². The molecule has 2 heterocycles. The van der Waals surface area contributed by atoms with E-state index >= 15 is 0 Å². The van der Waals surface area contributed by atoms with Crippen molar-refractivity contribution in [3.8, 4) is 6.07 Å². The normalized spacial score (nSPS) is 14.9. The number of nitriles is 1. The Labute approximate surface area is 179 Å². The average Bonchev–Trinajstić information content (AvgIpc) is 2.96. The van der Waals surface area contributed by atoms with Crippen LogP contribution in [0.1, 0.15) is 16.8 Å². The Hall–Kier alpha value is -2.03. The van der Waals surface area contributed by atoms with Gasteiger partial charge in [0.15, 0.2) is 0 Å². The minimum absolute atomic E-state index is 0. The van der Waals surface area contributed by atoms with Gasteiger partial charge in [0.1, 0.15) is 6.07 Å². The Morgan fingerprint density at radius 1 is 0.821 bits per heavy atom. The molecule has 0 atom stereocenters. The zero-order chi connectivity index (χ0) is 17.9. The Bertz CT molecular complexity index is 938. The van der Waals surface area contributed by atoms with Crippen molar-refractivity contribution in [1.82, 2.24) is 14.4 Å². The van der Waals surface area contributed by atoms with Gasteiger partial charge in [0.2, 0.25) is 0 Å². The Morgan fingerprint density at radius 3 is 2.04 bits per heavy atom. The van der Waals surface area contributed by atoms with E-state index in [1.54, 1.807) is 0 Å². The number of hydrogen-bond acceptors (Lipinski definition) is 3. The predicted octanol–water partition coefficient (Wildman–Crippen LogP) is 4.21. The first kappa shape index (κ1) is 22.3. The van der Waals surface area contributed by atoms with Crippen molar-refractivity contribution >= 4 is 35.7 Å². The summed E-state index contributed by atoms with van der Waals surface area (Å²) in [6.45, 7) is 6.08. The van der Waals surface area contributed by atoms with E-state index in [9.17, 15) is 5.26 Å². The van der Waals surface area contributed by atoms with Crippen molar-refractivity contribution in [3.63, 3.8) is 0 Å². The van der Waals surface area contributed by atoms with Crippen molar-refractivity contribution in [1.29, 1.82) is 5.26 Å². The third-order valence-electron chi connectivity index (χ3n) is 5.43. The largest absolute Gasteiger partial charge is 0.345 e. The van der Waals surface area contributed by atoms with Crippen molar-refractivity contribution < 1.29 is 0 Å². The average molecular weight is 417 g/mol. The van der Waals surface area contributed by atoms with Crippen molar-refractivity contribution in [2.75, 3.05) is 26.2 Å². The first-order valence-corrected chi connectivity index (χ1v) is 9.21. The number of benzene rings is 2. The summed E-state index contributed by atoms with van der Waals surface area (Å²) in [5.74, 6) is 0. The number of hydrogen-bond donors (Lipinski definition) is 0. The van der Waals surface area contributed by atoms with Crippen LogP contribution in [0.15, 0.2) is 54.6 Å². The summed E-state index contributed by atoms with van der Waals surface area (Å²) in [4.78, 5) is 4.98. The molecule has 4 rings (SSSR count). The number of fused-ring (bicyclic) bond motifs is 1. The molecule has 6 heteroatoms. The van der Waals surface area contributed by atoms with Gasteiger partial charge in [-0.1, -0.05) is 48.5 Å². The molecule has 0 bridgehead atoms. The second-order valence-electron chi connectivity index (χ2n) is 7.05. The number of rotatable bonds is 4. The highest BCUT2D eigenvalue weighted by Gasteiger charge is 2.21. The number of piperazine rings is 1. The van der Waals surface area contributed by atoms with Gasteiger partial charge in [-0.05, 0) is 11.6 Å². The quantitative estimate of drug-likeness (QED) is 0.638. The van der Waals surface area contributed by atoms with Gasteiger partial charge in [0, 0.05) is 57.2 Å². The molecule has 0 N–H and O–H groups in total. The lowest BCUT2D eigenvalue weighted by atomic mass is 10.1. The fourth-order valence-electron chi connectivity index (χ4n) is 3.91. The maximum Gasteiger partial charge on any atom is 0.102 e. The highest BCUT2D eigenvalue weighted by molar-refractivity contribution is 5.88. The Kier molecular flexibility index (Phi) is 7.91. The molecule has 0 aliphatic carbocycles. The third-order valence-corrected chi connectivity index (χ3v) is 5.43. The van der Waals surface area contributed by atoms with Gasteiger partial charge in [-0.3, -0.25) is 9.80 Å². The second-order valence-corrected chi connectivity index (χ2v) is 7.05. The van der Waals surface area contributed by atoms with Gasteiger partial charge in [-0.2, -0.15) is 5.26 Å². The molecule has 0 unspecified atom stereocenters. The summed E-state index contributed by atoms with van der Waals surface area (Å²) < 4.78 is 2.18. The smallest absolute Gasteiger partial charge is 0.102 e. The molecular formula is C22H26Cl2N4. The summed E-state index contributed by atoms with van der Waals surface area (Å²) in [5, 5.41) is 10.7. The lowest BCUT2D eigenvalue weighted by Gasteiger charge is -2.34. The van der Waals surface area contributed by atoms with Crippen molar-refractivity contribution in [3.05, 3.63) is 71.4 Å². The molecule has 0 spiro atoms. The van der Waals surface area contributed by atoms with Gasteiger partial charge in [0.25, 0.3) is 0 Å². The first-order valence-electron chi connectivity index (χ1n) is 9.21. The van der Waals surface area contributed by atoms with Gasteiger partial charge in [0.05, 0.1) is 11.3 Å². The minimum Gasteiger partial charge on any atom is -0.345 e. The molecule has 1 fully saturated rings. The molecule has 0 saturated carbocycles. The molecule has 0 amide bonds. The van der Waals surface area contributed by atoms with Crippen LogP contribution in [0.4, 0.5) is 0 Å². The van der Waals surface area contributed by atoms with E-state index in [1.165, 1.54) is 5.56 Å². The third kappa shape index (κ3) is 4.51. The molecule has 1 aromatic heterocycles. The zero-order valence-corrected chi connectivity index (χ0v) is 17.7. The summed E-state index contributed by atoms with van der Waals surface area (Å²) in [5.41, 5.74) is 4.48. The SMILES string of the molecule is Cl.Cl.Cn1c(CN2CCN(Cc3ccccc3)CC2)c(C#N)c2ccccc21. The molecule has 4 nitrogen and oxygen atoms in total. The van der Waals surface area contributed by atoms with Gasteiger partial charge in [-0.25, -0.2) is 0 Å². The summed E-state index contributed by atoms with van der Waals surface area (Å²) in [6, 6.07) is 21.3. The Balaban J connectivity index is 0.00000140. The van der Waals surface area contributed by atoms with Crippen LogP contribution in [0.2, 0.25) is 0 Å². The van der Waals surface area contributed by atoms with Crippen LogP contribution in [0.25, 0.3) is 10.9 Å². The lowest BCUT2D eigenvalue weighted by Crippen LogP contribution is -2.45. The second kappa shape index (κ2) is 9.95. The summed E-state index contributed by atoms with van der Waals surface area (Å²) in [6.07, 6.45) is 0. The monoisotopic (exact) mass is 416 g/mol. The highest BCUT2D eigenvalue weighted by atomic mass is 35.5. The number of aromatic nitrogens is 1. The van der Waals surface area contributed by atoms with Crippen LogP contribution in [-0.4, -0.2) is 40.5 Å². The fourth-order valence-corrected chi connectivity index (χ4v) is 3.91. The summed E-state index contributed by atoms with van der Waals surface area (Å²) >= 11 is 0. The fraction of sp³-hybridized carbons (Fsp3) is 0.318. The molecular weight excluding hydrogens is 391 g/mol. The highest BCUT2D eigenvalue weighted by Crippen LogP contribution is 2.26. The predicted molar refractivity (Wildman–Crippen MR) is 119 cm³/mol. The van der Waals surface area contributed by atoms with Crippen LogP contribution in [0.3, 0.4) is 0 Å². The van der Waals surface area contributed by atoms with Crippen molar-refractivity contribution in [2.45, 2.75) is 13.1 Å². The minimum atomic E-state index is 0. The number of aryl methyl sites for hydroxylation is 1. The Morgan fingerprint density at radius 2 is 1.39 bits per heavy atom. The van der Waals surface area contributed by atoms with Crippen LogP contribution < -0.4 is 0 Å². The maximum absolute atomic E-state index is 9.68. The lowest BCUT2D eigenvalue weighted by molar-refractivity contribution is 0.120. The molecule has 28 heavy (non-hydrogen) atoms. The molecule has 1 aliphatic heterocycles. The van der Waals surface area contributed by atoms with Gasteiger partial charge < -0.3 is 4.57 Å². The van der Waals surface area contributed by atoms with Gasteiger partial charge in [-0.15, -0.1) is 24.8 Å². The van der Waals surface area contributed by atoms with E-state index in [1.807, 2.05) is 12.1 Å². The maximum atomic E-state index is 9.68. The number of para-hydroxylation sites is 1. The van der Waals surface area contributed by atoms with Crippen LogP contribution in [0.5, 0.6) is 0 Å². The number of nitrogens with zero attached hydrogens (tertiary/aromatic N) is 4. The van der Waals surface area contributed by atoms with E-state index in [-0.39, 0.29) is 24.8 Å². The summed E-state index contributed by atoms with van der Waals surface area (Å²) in [7, 11) is 2.07. The van der Waals surface area contributed by atoms with E-state index in [0.29, 0.717) is 0 Å². The number of halogens is 2. The van der Waals surface area contributed by atoms with E-state index in [4.69, 9.17) is 0 Å². The standard InChI is InChI=1S/C22H24N4.2ClH/c1-24-21-10-6-5-9-19(21)20(15-23)22(24)17-26-13-11-25(12-14-26)16-18-7-3-2-4-8-18;;/h2-10H,11-14,16-17H2,1H3;2*1H. The van der Waals surface area contributed by atoms with Crippen LogP contribution >= 0.6 is 24.8 Å². The molecule has 0 radical (unpaired) electrons. The van der Waals surface area contributed by atoms with E-state index in [2.05, 4.69) is 69.9 Å². The van der Waals surface area contributed by atoms with E-state index in [0.717, 1.165) is 61.4 Å². The van der Waals surface area contributed by atoms with Crippen molar-refractivity contribution in [2.24, 2.45) is 7.05 Å². The first-order chi connectivity index (χ1) is 12.8. The molecule has 1 saturated heterocycles. The zero-order valence-electron chi connectivity index (χ0n) is 16.0. The molecule has 2 aromatic carbocycles. The topological polar surface area (TPSA) is 35.2 Å². The molecule has 1 aliphatic rings. The van der Waals surface area contributed by atoms with Crippen LogP contribution in [0, 0.1) is 11.3 Å². The molecule has 3 aromatic rings. The van der Waals surface area contributed by atoms with E-state index < -0.39 is 0 Å². The van der Waals surface area contributed by atoms with Crippen LogP contribution in [-0.2, 0) is 20.1 Å².